The molecule has 1 aliphatic carbocycles. The van der Waals surface area contributed by atoms with Crippen LogP contribution in [0.25, 0.3) is 0 Å². The highest BCUT2D eigenvalue weighted by Gasteiger charge is 2.43. The van der Waals surface area contributed by atoms with Crippen LogP contribution in [0.15, 0.2) is 57.5 Å². The molecule has 5 rings (SSSR count). The Bertz CT molecular complexity index is 1520. The minimum atomic E-state index is -0.781. The Morgan fingerprint density at radius 2 is 1.94 bits per heavy atom. The van der Waals surface area contributed by atoms with Crippen LogP contribution < -0.4 is 5.56 Å². The molecule has 0 saturated heterocycles. The third kappa shape index (κ3) is 3.50. The number of aryl methyl sites for hydroxylation is 1. The SMILES string of the molecule is COCc1c(C#N)c(O)[nH]c(=O)c1N=Nc1cccc2c1C(=O)N(C1CCc3ccccc31)C2=O. The highest BCUT2D eigenvalue weighted by Crippen LogP contribution is 2.42. The van der Waals surface area contributed by atoms with Crippen LogP contribution in [-0.2, 0) is 17.8 Å². The predicted octanol–water partition coefficient (Wildman–Crippen LogP) is 3.80. The fourth-order valence-electron chi connectivity index (χ4n) is 4.70. The first-order valence-electron chi connectivity index (χ1n) is 10.8. The number of hydrogen-bond acceptors (Lipinski definition) is 8. The molecular formula is C25H19N5O5. The van der Waals surface area contributed by atoms with Crippen molar-refractivity contribution < 1.29 is 19.4 Å². The summed E-state index contributed by atoms with van der Waals surface area (Å²) in [6, 6.07) is 13.9. The number of aromatic amines is 1. The molecule has 2 aromatic carbocycles. The second kappa shape index (κ2) is 8.62. The number of hydrogen-bond donors (Lipinski definition) is 2. The number of nitriles is 1. The zero-order valence-corrected chi connectivity index (χ0v) is 18.6. The summed E-state index contributed by atoms with van der Waals surface area (Å²) < 4.78 is 5.06. The van der Waals surface area contributed by atoms with Gasteiger partial charge in [-0.25, -0.2) is 0 Å². The average Bonchev–Trinajstić information content (AvgIpc) is 3.38. The standard InChI is InChI=1S/C25H19N5O5/c1-35-12-17-16(11-26)22(31)27-23(32)21(17)29-28-18-8-4-7-15-20(18)25(34)30(24(15)33)19-10-9-13-5-2-3-6-14(13)19/h2-8,19H,9-10,12H2,1H3,(H2,27,31,32). The Kier molecular flexibility index (Phi) is 5.47. The highest BCUT2D eigenvalue weighted by molar-refractivity contribution is 6.23. The number of carbonyl (C=O) groups is 2. The number of pyridine rings is 1. The van der Waals surface area contributed by atoms with E-state index in [2.05, 4.69) is 15.2 Å². The van der Waals surface area contributed by atoms with Crippen molar-refractivity contribution in [2.45, 2.75) is 25.5 Å². The van der Waals surface area contributed by atoms with E-state index in [1.54, 1.807) is 18.2 Å². The van der Waals surface area contributed by atoms with Gasteiger partial charge in [-0.05, 0) is 36.1 Å². The van der Waals surface area contributed by atoms with Crippen LogP contribution in [0.5, 0.6) is 5.88 Å². The quantitative estimate of drug-likeness (QED) is 0.429. The van der Waals surface area contributed by atoms with E-state index in [0.717, 1.165) is 17.5 Å². The number of rotatable bonds is 5. The van der Waals surface area contributed by atoms with Gasteiger partial charge in [-0.1, -0.05) is 30.3 Å². The van der Waals surface area contributed by atoms with E-state index >= 15 is 0 Å². The Morgan fingerprint density at radius 1 is 1.14 bits per heavy atom. The second-order valence-corrected chi connectivity index (χ2v) is 8.18. The first-order valence-corrected chi connectivity index (χ1v) is 10.8. The summed E-state index contributed by atoms with van der Waals surface area (Å²) in [5.74, 6) is -1.48. The van der Waals surface area contributed by atoms with Crippen LogP contribution in [-0.4, -0.2) is 33.9 Å². The molecule has 2 aliphatic rings. The lowest BCUT2D eigenvalue weighted by Gasteiger charge is -2.22. The molecule has 3 aromatic rings. The van der Waals surface area contributed by atoms with E-state index in [1.807, 2.05) is 24.3 Å². The van der Waals surface area contributed by atoms with Gasteiger partial charge in [0.1, 0.15) is 11.6 Å². The molecular weight excluding hydrogens is 450 g/mol. The van der Waals surface area contributed by atoms with Gasteiger partial charge in [-0.3, -0.25) is 24.3 Å². The lowest BCUT2D eigenvalue weighted by Crippen LogP contribution is -2.33. The van der Waals surface area contributed by atoms with Crippen LogP contribution in [0.2, 0.25) is 0 Å². The van der Waals surface area contributed by atoms with E-state index in [4.69, 9.17) is 4.74 Å². The fraction of sp³-hybridized carbons (Fsp3) is 0.200. The van der Waals surface area contributed by atoms with Crippen molar-refractivity contribution in [3.05, 3.63) is 86.2 Å². The maximum Gasteiger partial charge on any atom is 0.278 e. The summed E-state index contributed by atoms with van der Waals surface area (Å²) in [4.78, 5) is 42.6. The van der Waals surface area contributed by atoms with Crippen molar-refractivity contribution in [3.63, 3.8) is 0 Å². The molecule has 1 aromatic heterocycles. The van der Waals surface area contributed by atoms with E-state index in [-0.39, 0.29) is 46.3 Å². The molecule has 0 bridgehead atoms. The van der Waals surface area contributed by atoms with Gasteiger partial charge in [0.2, 0.25) is 5.88 Å². The van der Waals surface area contributed by atoms with E-state index in [0.29, 0.717) is 6.42 Å². The number of fused-ring (bicyclic) bond motifs is 2. The summed E-state index contributed by atoms with van der Waals surface area (Å²) in [6.07, 6.45) is 1.41. The first kappa shape index (κ1) is 22.2. The number of ether oxygens (including phenoxy) is 1. The maximum absolute atomic E-state index is 13.5. The number of azo groups is 1. The minimum Gasteiger partial charge on any atom is -0.494 e. The lowest BCUT2D eigenvalue weighted by molar-refractivity contribution is 0.0582. The molecule has 0 spiro atoms. The van der Waals surface area contributed by atoms with Crippen molar-refractivity contribution >= 4 is 23.2 Å². The number of benzene rings is 2. The normalized spacial score (nSPS) is 16.6. The van der Waals surface area contributed by atoms with E-state index in [9.17, 15) is 24.8 Å². The molecule has 2 N–H and O–H groups in total. The van der Waals surface area contributed by atoms with Crippen molar-refractivity contribution in [2.24, 2.45) is 10.2 Å². The number of nitrogens with zero attached hydrogens (tertiary/aromatic N) is 4. The van der Waals surface area contributed by atoms with E-state index < -0.39 is 23.3 Å². The van der Waals surface area contributed by atoms with Gasteiger partial charge < -0.3 is 9.84 Å². The molecule has 0 radical (unpaired) electrons. The first-order chi connectivity index (χ1) is 17.0. The average molecular weight is 469 g/mol. The summed E-state index contributed by atoms with van der Waals surface area (Å²) in [5.41, 5.74) is 1.33. The lowest BCUT2D eigenvalue weighted by atomic mass is 10.1. The molecule has 1 unspecified atom stereocenters. The Hall–Kier alpha value is -4.62. The Labute approximate surface area is 199 Å². The summed E-state index contributed by atoms with van der Waals surface area (Å²) in [7, 11) is 1.37. The number of methoxy groups -OCH3 is 1. The van der Waals surface area contributed by atoms with Gasteiger partial charge in [0.05, 0.1) is 29.5 Å². The smallest absolute Gasteiger partial charge is 0.278 e. The minimum absolute atomic E-state index is 0.0548. The molecule has 174 valence electrons. The highest BCUT2D eigenvalue weighted by atomic mass is 16.5. The number of amides is 2. The molecule has 2 heterocycles. The molecule has 35 heavy (non-hydrogen) atoms. The van der Waals surface area contributed by atoms with Crippen LogP contribution >= 0.6 is 0 Å². The van der Waals surface area contributed by atoms with Crippen molar-refractivity contribution in [1.82, 2.24) is 9.88 Å². The number of carbonyl (C=O) groups excluding carboxylic acids is 2. The number of aromatic hydroxyl groups is 1. The van der Waals surface area contributed by atoms with Gasteiger partial charge in [0.25, 0.3) is 17.4 Å². The van der Waals surface area contributed by atoms with Gasteiger partial charge in [0, 0.05) is 12.7 Å². The maximum atomic E-state index is 13.5. The zero-order valence-electron chi connectivity index (χ0n) is 18.6. The predicted molar refractivity (Wildman–Crippen MR) is 123 cm³/mol. The molecule has 0 fully saturated rings. The molecule has 1 atom stereocenters. The molecule has 2 amide bonds. The van der Waals surface area contributed by atoms with Gasteiger partial charge >= 0.3 is 0 Å². The van der Waals surface area contributed by atoms with Gasteiger partial charge in [-0.2, -0.15) is 5.26 Å². The fourth-order valence-corrected chi connectivity index (χ4v) is 4.70. The largest absolute Gasteiger partial charge is 0.494 e. The number of imide groups is 1. The Balaban J connectivity index is 1.56. The molecule has 10 heteroatoms. The van der Waals surface area contributed by atoms with Gasteiger partial charge in [0.15, 0.2) is 5.69 Å². The van der Waals surface area contributed by atoms with Gasteiger partial charge in [-0.15, -0.1) is 10.2 Å². The van der Waals surface area contributed by atoms with Crippen LogP contribution in [0.4, 0.5) is 11.4 Å². The van der Waals surface area contributed by atoms with Crippen molar-refractivity contribution in [1.29, 1.82) is 5.26 Å². The number of H-pyrrole nitrogens is 1. The third-order valence-corrected chi connectivity index (χ3v) is 6.27. The van der Waals surface area contributed by atoms with E-state index in [1.165, 1.54) is 18.1 Å². The zero-order chi connectivity index (χ0) is 24.7. The number of aromatic nitrogens is 1. The summed E-state index contributed by atoms with van der Waals surface area (Å²) in [6.45, 7) is -0.173. The summed E-state index contributed by atoms with van der Waals surface area (Å²) in [5, 5.41) is 27.4. The molecule has 0 saturated carbocycles. The van der Waals surface area contributed by atoms with Crippen LogP contribution in [0.1, 0.15) is 55.4 Å². The summed E-state index contributed by atoms with van der Waals surface area (Å²) >= 11 is 0. The monoisotopic (exact) mass is 469 g/mol. The molecule has 10 nitrogen and oxygen atoms in total. The van der Waals surface area contributed by atoms with Crippen LogP contribution in [0, 0.1) is 11.3 Å². The number of nitrogens with one attached hydrogen (secondary N) is 1. The topological polar surface area (TPSA) is 148 Å². The van der Waals surface area contributed by atoms with Crippen molar-refractivity contribution in [2.75, 3.05) is 7.11 Å². The molecule has 1 aliphatic heterocycles. The Morgan fingerprint density at radius 3 is 2.71 bits per heavy atom. The van der Waals surface area contributed by atoms with Crippen LogP contribution in [0.3, 0.4) is 0 Å². The van der Waals surface area contributed by atoms with Crippen molar-refractivity contribution in [3.8, 4) is 11.9 Å². The second-order valence-electron chi connectivity index (χ2n) is 8.18. The third-order valence-electron chi connectivity index (χ3n) is 6.27.